The molecule has 112 valence electrons. The second-order valence-corrected chi connectivity index (χ2v) is 5.43. The average molecular weight is 281 g/mol. The van der Waals surface area contributed by atoms with Crippen LogP contribution in [-0.2, 0) is 11.3 Å². The number of hydrogen-bond acceptors (Lipinski definition) is 3. The van der Waals surface area contributed by atoms with Gasteiger partial charge < -0.3 is 16.0 Å². The fourth-order valence-corrected chi connectivity index (χ4v) is 1.77. The summed E-state index contributed by atoms with van der Waals surface area (Å²) in [5, 5.41) is 2.82. The molecule has 0 fully saturated rings. The Kier molecular flexibility index (Phi) is 6.61. The van der Waals surface area contributed by atoms with E-state index in [1.54, 1.807) is 12.1 Å². The molecule has 0 saturated carbocycles. The molecule has 5 heteroatoms. The molecule has 0 unspecified atom stereocenters. The van der Waals surface area contributed by atoms with Crippen LogP contribution in [0.25, 0.3) is 0 Å². The minimum Gasteiger partial charge on any atom is -0.353 e. The first-order chi connectivity index (χ1) is 9.40. The van der Waals surface area contributed by atoms with Crippen molar-refractivity contribution in [3.05, 3.63) is 35.6 Å². The summed E-state index contributed by atoms with van der Waals surface area (Å²) in [7, 11) is 1.96. The summed E-state index contributed by atoms with van der Waals surface area (Å²) in [5.41, 5.74) is 6.79. The Morgan fingerprint density at radius 3 is 2.50 bits per heavy atom. The van der Waals surface area contributed by atoms with Crippen LogP contribution < -0.4 is 11.1 Å². The molecule has 0 aliphatic heterocycles. The summed E-state index contributed by atoms with van der Waals surface area (Å²) >= 11 is 0. The normalized spacial score (nSPS) is 12.8. The molecule has 1 amide bonds. The zero-order chi connectivity index (χ0) is 15.1. The van der Waals surface area contributed by atoms with E-state index in [4.69, 9.17) is 5.73 Å². The van der Waals surface area contributed by atoms with E-state index in [9.17, 15) is 9.18 Å². The van der Waals surface area contributed by atoms with Crippen molar-refractivity contribution in [1.82, 2.24) is 10.2 Å². The highest BCUT2D eigenvalue weighted by molar-refractivity contribution is 5.81. The van der Waals surface area contributed by atoms with Gasteiger partial charge in [-0.05, 0) is 30.7 Å². The molecule has 0 aliphatic carbocycles. The second kappa shape index (κ2) is 7.97. The number of likely N-dealkylation sites (N-methyl/N-ethyl adjacent to an activating group) is 1. The lowest BCUT2D eigenvalue weighted by atomic mass is 10.1. The number of nitrogens with zero attached hydrogens (tertiary/aromatic N) is 1. The van der Waals surface area contributed by atoms with Crippen molar-refractivity contribution in [3.8, 4) is 0 Å². The number of benzene rings is 1. The number of nitrogens with one attached hydrogen (secondary N) is 1. The van der Waals surface area contributed by atoms with Crippen molar-refractivity contribution in [1.29, 1.82) is 0 Å². The van der Waals surface area contributed by atoms with Gasteiger partial charge in [0.2, 0.25) is 5.91 Å². The molecule has 1 rings (SSSR count). The topological polar surface area (TPSA) is 58.4 Å². The Morgan fingerprint density at radius 1 is 1.35 bits per heavy atom. The molecule has 1 atom stereocenters. The molecule has 4 nitrogen and oxygen atoms in total. The highest BCUT2D eigenvalue weighted by Crippen LogP contribution is 2.05. The van der Waals surface area contributed by atoms with Crippen molar-refractivity contribution in [3.63, 3.8) is 0 Å². The van der Waals surface area contributed by atoms with Gasteiger partial charge in [-0.2, -0.15) is 0 Å². The highest BCUT2D eigenvalue weighted by Gasteiger charge is 2.16. The van der Waals surface area contributed by atoms with Gasteiger partial charge in [0, 0.05) is 19.6 Å². The van der Waals surface area contributed by atoms with Crippen LogP contribution in [-0.4, -0.2) is 37.0 Å². The summed E-state index contributed by atoms with van der Waals surface area (Å²) in [6, 6.07) is 5.97. The summed E-state index contributed by atoms with van der Waals surface area (Å²) in [4.78, 5) is 13.7. The van der Waals surface area contributed by atoms with Crippen LogP contribution in [0.5, 0.6) is 0 Å². The van der Waals surface area contributed by atoms with Gasteiger partial charge in [-0.15, -0.1) is 0 Å². The van der Waals surface area contributed by atoms with E-state index in [2.05, 4.69) is 10.2 Å². The van der Waals surface area contributed by atoms with Crippen LogP contribution in [0.1, 0.15) is 19.4 Å². The minimum absolute atomic E-state index is 0.116. The Morgan fingerprint density at radius 2 is 1.95 bits per heavy atom. The van der Waals surface area contributed by atoms with Gasteiger partial charge in [-0.3, -0.25) is 4.79 Å². The summed E-state index contributed by atoms with van der Waals surface area (Å²) in [6.45, 7) is 5.83. The largest absolute Gasteiger partial charge is 0.353 e. The summed E-state index contributed by atoms with van der Waals surface area (Å²) < 4.78 is 12.8. The minimum atomic E-state index is -0.461. The Bertz CT molecular complexity index is 420. The molecule has 0 spiro atoms. The van der Waals surface area contributed by atoms with E-state index in [0.29, 0.717) is 19.6 Å². The van der Waals surface area contributed by atoms with Crippen molar-refractivity contribution in [2.45, 2.75) is 26.4 Å². The summed E-state index contributed by atoms with van der Waals surface area (Å²) in [5.74, 6) is -0.214. The Balaban J connectivity index is 2.28. The summed E-state index contributed by atoms with van der Waals surface area (Å²) in [6.07, 6.45) is 0. The first-order valence-corrected chi connectivity index (χ1v) is 6.86. The third-order valence-electron chi connectivity index (χ3n) is 3.18. The number of halogens is 1. The molecule has 0 aliphatic rings. The van der Waals surface area contributed by atoms with E-state index in [1.807, 2.05) is 20.9 Å². The predicted octanol–water partition coefficient (Wildman–Crippen LogP) is 1.36. The van der Waals surface area contributed by atoms with Gasteiger partial charge in [0.25, 0.3) is 0 Å². The molecule has 0 heterocycles. The van der Waals surface area contributed by atoms with Crippen LogP contribution in [0.3, 0.4) is 0 Å². The first kappa shape index (κ1) is 16.6. The monoisotopic (exact) mass is 281 g/mol. The van der Waals surface area contributed by atoms with Gasteiger partial charge in [0.15, 0.2) is 0 Å². The molecule has 1 aromatic carbocycles. The number of carbonyl (C=O) groups excluding carboxylic acids is 1. The molecular weight excluding hydrogens is 257 g/mol. The average Bonchev–Trinajstić information content (AvgIpc) is 2.40. The van der Waals surface area contributed by atoms with Crippen LogP contribution in [0.4, 0.5) is 4.39 Å². The predicted molar refractivity (Wildman–Crippen MR) is 78.6 cm³/mol. The van der Waals surface area contributed by atoms with Gasteiger partial charge in [-0.25, -0.2) is 4.39 Å². The highest BCUT2D eigenvalue weighted by atomic mass is 19.1. The lowest BCUT2D eigenvalue weighted by Gasteiger charge is -2.19. The third kappa shape index (κ3) is 5.67. The molecule has 0 radical (unpaired) electrons. The van der Waals surface area contributed by atoms with Crippen molar-refractivity contribution < 1.29 is 9.18 Å². The third-order valence-corrected chi connectivity index (χ3v) is 3.18. The van der Waals surface area contributed by atoms with Gasteiger partial charge in [0.1, 0.15) is 5.82 Å². The van der Waals surface area contributed by atoms with Crippen molar-refractivity contribution in [2.75, 3.05) is 20.1 Å². The van der Waals surface area contributed by atoms with Crippen LogP contribution >= 0.6 is 0 Å². The van der Waals surface area contributed by atoms with E-state index >= 15 is 0 Å². The lowest BCUT2D eigenvalue weighted by molar-refractivity contribution is -0.123. The lowest BCUT2D eigenvalue weighted by Crippen LogP contribution is -2.45. The Labute approximate surface area is 120 Å². The molecular formula is C15H24FN3O. The second-order valence-electron chi connectivity index (χ2n) is 5.43. The van der Waals surface area contributed by atoms with E-state index < -0.39 is 6.04 Å². The van der Waals surface area contributed by atoms with E-state index in [-0.39, 0.29) is 17.6 Å². The van der Waals surface area contributed by atoms with E-state index in [1.165, 1.54) is 12.1 Å². The fourth-order valence-electron chi connectivity index (χ4n) is 1.77. The number of hydrogen-bond donors (Lipinski definition) is 2. The molecule has 0 aromatic heterocycles. The first-order valence-electron chi connectivity index (χ1n) is 6.86. The van der Waals surface area contributed by atoms with Crippen LogP contribution in [0.15, 0.2) is 24.3 Å². The van der Waals surface area contributed by atoms with Crippen molar-refractivity contribution in [2.24, 2.45) is 11.7 Å². The molecule has 20 heavy (non-hydrogen) atoms. The molecule has 0 saturated heterocycles. The molecule has 0 bridgehead atoms. The quantitative estimate of drug-likeness (QED) is 0.793. The molecule has 1 aromatic rings. The van der Waals surface area contributed by atoms with Crippen LogP contribution in [0, 0.1) is 11.7 Å². The fraction of sp³-hybridized carbons (Fsp3) is 0.533. The van der Waals surface area contributed by atoms with Crippen molar-refractivity contribution >= 4 is 5.91 Å². The standard InChI is InChI=1S/C15H24FN3O/c1-11(2)14(17)15(20)18-8-9-19(3)10-12-4-6-13(16)7-5-12/h4-7,11,14H,8-10,17H2,1-3H3,(H,18,20)/t14-/m0/s1. The SMILES string of the molecule is CC(C)[C@H](N)C(=O)NCCN(C)Cc1ccc(F)cc1. The zero-order valence-electron chi connectivity index (χ0n) is 12.4. The van der Waals surface area contributed by atoms with Gasteiger partial charge in [-0.1, -0.05) is 26.0 Å². The molecule has 3 N–H and O–H groups in total. The number of amides is 1. The maximum Gasteiger partial charge on any atom is 0.237 e. The zero-order valence-corrected chi connectivity index (χ0v) is 12.4. The van der Waals surface area contributed by atoms with Gasteiger partial charge in [0.05, 0.1) is 6.04 Å². The maximum absolute atomic E-state index is 12.8. The number of nitrogens with two attached hydrogens (primary N) is 1. The van der Waals surface area contributed by atoms with Gasteiger partial charge >= 0.3 is 0 Å². The Hall–Kier alpha value is -1.46. The maximum atomic E-state index is 12.8. The smallest absolute Gasteiger partial charge is 0.237 e. The van der Waals surface area contributed by atoms with Crippen LogP contribution in [0.2, 0.25) is 0 Å². The number of rotatable bonds is 7. The number of carbonyl (C=O) groups is 1. The van der Waals surface area contributed by atoms with E-state index in [0.717, 1.165) is 5.56 Å².